The highest BCUT2D eigenvalue weighted by Gasteiger charge is 2.05. The normalized spacial score (nSPS) is 9.78. The molecule has 0 aromatic heterocycles. The molecule has 0 aliphatic rings. The summed E-state index contributed by atoms with van der Waals surface area (Å²) in [6, 6.07) is 20.3. The number of thiol groups is 1. The van der Waals surface area contributed by atoms with Crippen LogP contribution < -0.4 is 5.32 Å². The summed E-state index contributed by atoms with van der Waals surface area (Å²) < 4.78 is 0. The van der Waals surface area contributed by atoms with E-state index in [0.717, 1.165) is 21.8 Å². The second-order valence-corrected chi connectivity index (χ2v) is 6.90. The van der Waals surface area contributed by atoms with Gasteiger partial charge in [-0.1, -0.05) is 35.4 Å². The molecular weight excluding hydrogens is 376 g/mol. The third kappa shape index (κ3) is 6.59. The molecule has 3 nitrogen and oxygen atoms in total. The maximum atomic E-state index is 11.9. The number of nitrogens with zero attached hydrogens (tertiary/aromatic N) is 1. The summed E-state index contributed by atoms with van der Waals surface area (Å²) in [7, 11) is 0. The van der Waals surface area contributed by atoms with E-state index in [2.05, 4.69) is 29.7 Å². The van der Waals surface area contributed by atoms with E-state index < -0.39 is 0 Å². The van der Waals surface area contributed by atoms with Crippen LogP contribution in [0.4, 0.5) is 11.4 Å². The molecule has 0 radical (unpaired) electrons. The van der Waals surface area contributed by atoms with E-state index in [0.29, 0.717) is 10.6 Å². The van der Waals surface area contributed by atoms with Gasteiger partial charge in [-0.25, -0.2) is 0 Å². The van der Waals surface area contributed by atoms with E-state index in [9.17, 15) is 4.79 Å². The van der Waals surface area contributed by atoms with Crippen molar-refractivity contribution < 1.29 is 4.79 Å². The molecule has 5 heteroatoms. The maximum Gasteiger partial charge on any atom is 0.255 e. The fraction of sp³-hybridized carbons (Fsp3) is 0.0909. The summed E-state index contributed by atoms with van der Waals surface area (Å²) in [4.78, 5) is 16.5. The average Bonchev–Trinajstić information content (AvgIpc) is 2.66. The highest BCUT2D eigenvalue weighted by atomic mass is 35.5. The molecule has 1 N–H and O–H groups in total. The first kappa shape index (κ1) is 20.7. The molecule has 27 heavy (non-hydrogen) atoms. The number of aliphatic imine (C=N–C) groups is 1. The lowest BCUT2D eigenvalue weighted by Gasteiger charge is -2.05. The SMILES string of the molecule is C=Nc1cc(C)ccc1S.Cc1ccc(NC(=O)c2ccc(Cl)cc2)cc1. The van der Waals surface area contributed by atoms with Gasteiger partial charge in [-0.15, -0.1) is 12.6 Å². The lowest BCUT2D eigenvalue weighted by atomic mass is 10.2. The number of hydrogen-bond acceptors (Lipinski definition) is 3. The summed E-state index contributed by atoms with van der Waals surface area (Å²) in [5, 5.41) is 3.44. The van der Waals surface area contributed by atoms with Crippen molar-refractivity contribution in [3.05, 3.63) is 88.4 Å². The third-order valence-electron chi connectivity index (χ3n) is 3.72. The molecular formula is C22H21ClN2OS. The summed E-state index contributed by atoms with van der Waals surface area (Å²) in [6.45, 7) is 7.45. The zero-order valence-electron chi connectivity index (χ0n) is 15.2. The fourth-order valence-corrected chi connectivity index (χ4v) is 2.54. The van der Waals surface area contributed by atoms with Gasteiger partial charge in [-0.3, -0.25) is 9.79 Å². The van der Waals surface area contributed by atoms with Crippen molar-refractivity contribution in [2.75, 3.05) is 5.32 Å². The van der Waals surface area contributed by atoms with E-state index in [1.165, 1.54) is 5.56 Å². The minimum Gasteiger partial charge on any atom is -0.322 e. The quantitative estimate of drug-likeness (QED) is 0.384. The van der Waals surface area contributed by atoms with Gasteiger partial charge < -0.3 is 5.32 Å². The minimum atomic E-state index is -0.134. The smallest absolute Gasteiger partial charge is 0.255 e. The van der Waals surface area contributed by atoms with Crippen LogP contribution in [0.2, 0.25) is 5.02 Å². The zero-order chi connectivity index (χ0) is 19.8. The van der Waals surface area contributed by atoms with Gasteiger partial charge in [0, 0.05) is 21.2 Å². The van der Waals surface area contributed by atoms with Gasteiger partial charge in [0.15, 0.2) is 0 Å². The van der Waals surface area contributed by atoms with Crippen molar-refractivity contribution in [1.29, 1.82) is 0 Å². The van der Waals surface area contributed by atoms with Gasteiger partial charge in [0.25, 0.3) is 5.91 Å². The molecule has 3 rings (SSSR count). The van der Waals surface area contributed by atoms with Crippen molar-refractivity contribution in [2.24, 2.45) is 4.99 Å². The van der Waals surface area contributed by atoms with Crippen LogP contribution in [-0.4, -0.2) is 12.6 Å². The van der Waals surface area contributed by atoms with Crippen LogP contribution in [0.3, 0.4) is 0 Å². The monoisotopic (exact) mass is 396 g/mol. The largest absolute Gasteiger partial charge is 0.322 e. The summed E-state index contributed by atoms with van der Waals surface area (Å²) in [5.41, 5.74) is 4.57. The van der Waals surface area contributed by atoms with Crippen molar-refractivity contribution in [3.8, 4) is 0 Å². The molecule has 0 aliphatic heterocycles. The van der Waals surface area contributed by atoms with Crippen LogP contribution in [0.1, 0.15) is 21.5 Å². The van der Waals surface area contributed by atoms with Crippen molar-refractivity contribution in [2.45, 2.75) is 18.7 Å². The molecule has 0 aliphatic carbocycles. The Kier molecular flexibility index (Phi) is 7.65. The van der Waals surface area contributed by atoms with Crippen LogP contribution >= 0.6 is 24.2 Å². The Labute approximate surface area is 170 Å². The molecule has 0 saturated heterocycles. The van der Waals surface area contributed by atoms with E-state index in [-0.39, 0.29) is 5.91 Å². The minimum absolute atomic E-state index is 0.134. The molecule has 0 bridgehead atoms. The molecule has 0 spiro atoms. The van der Waals surface area contributed by atoms with Crippen LogP contribution in [0.5, 0.6) is 0 Å². The Morgan fingerprint density at radius 2 is 1.56 bits per heavy atom. The predicted molar refractivity (Wildman–Crippen MR) is 118 cm³/mol. The van der Waals surface area contributed by atoms with E-state index in [4.69, 9.17) is 11.6 Å². The average molecular weight is 397 g/mol. The second-order valence-electron chi connectivity index (χ2n) is 5.98. The highest BCUT2D eigenvalue weighted by molar-refractivity contribution is 7.80. The fourth-order valence-electron chi connectivity index (χ4n) is 2.20. The third-order valence-corrected chi connectivity index (χ3v) is 4.35. The lowest BCUT2D eigenvalue weighted by Crippen LogP contribution is -2.11. The number of halogens is 1. The molecule has 0 atom stereocenters. The van der Waals surface area contributed by atoms with Gasteiger partial charge in [0.05, 0.1) is 5.69 Å². The number of carbonyl (C=O) groups is 1. The molecule has 138 valence electrons. The Bertz CT molecular complexity index is 922. The van der Waals surface area contributed by atoms with Crippen LogP contribution in [0.15, 0.2) is 76.6 Å². The highest BCUT2D eigenvalue weighted by Crippen LogP contribution is 2.22. The van der Waals surface area contributed by atoms with Crippen LogP contribution in [0.25, 0.3) is 0 Å². The van der Waals surface area contributed by atoms with Crippen molar-refractivity contribution in [3.63, 3.8) is 0 Å². The van der Waals surface area contributed by atoms with Gasteiger partial charge in [-0.2, -0.15) is 0 Å². The molecule has 3 aromatic carbocycles. The van der Waals surface area contributed by atoms with Gasteiger partial charge >= 0.3 is 0 Å². The van der Waals surface area contributed by atoms with E-state index in [1.54, 1.807) is 24.3 Å². The standard InChI is InChI=1S/C14H12ClNO.C8H9NS/c1-10-2-8-13(9-3-10)16-14(17)11-4-6-12(15)7-5-11;1-6-3-4-8(10)7(5-6)9-2/h2-9H,1H3,(H,16,17);3-5,10H,2H2,1H3. The molecule has 0 unspecified atom stereocenters. The van der Waals surface area contributed by atoms with E-state index >= 15 is 0 Å². The number of carbonyl (C=O) groups excluding carboxylic acids is 1. The predicted octanol–water partition coefficient (Wildman–Crippen LogP) is 6.52. The first-order valence-electron chi connectivity index (χ1n) is 8.29. The van der Waals surface area contributed by atoms with E-state index in [1.807, 2.05) is 56.3 Å². The summed E-state index contributed by atoms with van der Waals surface area (Å²) in [5.74, 6) is -0.134. The van der Waals surface area contributed by atoms with Crippen LogP contribution in [0, 0.1) is 13.8 Å². The maximum absolute atomic E-state index is 11.9. The molecule has 0 fully saturated rings. The number of rotatable bonds is 3. The number of amides is 1. The number of hydrogen-bond donors (Lipinski definition) is 2. The number of aryl methyl sites for hydroxylation is 2. The number of anilines is 1. The Morgan fingerprint density at radius 1 is 0.963 bits per heavy atom. The van der Waals surface area contributed by atoms with Crippen molar-refractivity contribution in [1.82, 2.24) is 0 Å². The van der Waals surface area contributed by atoms with Gasteiger partial charge in [-0.05, 0) is 74.7 Å². The topological polar surface area (TPSA) is 41.5 Å². The Hall–Kier alpha value is -2.56. The van der Waals surface area contributed by atoms with Gasteiger partial charge in [0.2, 0.25) is 0 Å². The second kappa shape index (κ2) is 9.95. The molecule has 0 saturated carbocycles. The molecule has 1 amide bonds. The lowest BCUT2D eigenvalue weighted by molar-refractivity contribution is 0.102. The summed E-state index contributed by atoms with van der Waals surface area (Å²) in [6.07, 6.45) is 0. The van der Waals surface area contributed by atoms with Crippen LogP contribution in [-0.2, 0) is 0 Å². The van der Waals surface area contributed by atoms with Crippen molar-refractivity contribution >= 4 is 48.2 Å². The molecule has 0 heterocycles. The first-order valence-corrected chi connectivity index (χ1v) is 9.11. The Balaban J connectivity index is 0.000000223. The number of benzene rings is 3. The number of nitrogens with one attached hydrogen (secondary N) is 1. The summed E-state index contributed by atoms with van der Waals surface area (Å²) >= 11 is 9.95. The van der Waals surface area contributed by atoms with Gasteiger partial charge in [0.1, 0.15) is 0 Å². The molecule has 3 aromatic rings. The first-order chi connectivity index (χ1) is 12.9. The Morgan fingerprint density at radius 3 is 2.11 bits per heavy atom. The zero-order valence-corrected chi connectivity index (χ0v) is 16.9.